The van der Waals surface area contributed by atoms with Gasteiger partial charge in [0.2, 0.25) is 0 Å². The lowest BCUT2D eigenvalue weighted by atomic mass is 9.89. The maximum atomic E-state index is 3.52. The normalized spacial score (nSPS) is 11.7. The molecule has 0 radical (unpaired) electrons. The Hall–Kier alpha value is -1.82. The Kier molecular flexibility index (Phi) is 4.90. The van der Waals surface area contributed by atoms with Crippen molar-refractivity contribution in [1.29, 1.82) is 0 Å². The van der Waals surface area contributed by atoms with Crippen LogP contribution in [0.25, 0.3) is 0 Å². The van der Waals surface area contributed by atoms with Gasteiger partial charge < -0.3 is 0 Å². The molecule has 0 nitrogen and oxygen atoms in total. The molecule has 0 aliphatic carbocycles. The summed E-state index contributed by atoms with van der Waals surface area (Å²) < 4.78 is 0. The monoisotopic (exact) mass is 306 g/mol. The molecule has 0 aliphatic heterocycles. The zero-order valence-electron chi connectivity index (χ0n) is 14.4. The predicted molar refractivity (Wildman–Crippen MR) is 100.0 cm³/mol. The molecule has 0 aromatic heterocycles. The number of hydrogen-bond acceptors (Lipinski definition) is 0. The molecule has 114 valence electrons. The van der Waals surface area contributed by atoms with Crippen LogP contribution in [-0.2, 0) is 5.04 Å². The van der Waals surface area contributed by atoms with Crippen molar-refractivity contribution in [2.75, 3.05) is 0 Å². The average molecular weight is 307 g/mol. The van der Waals surface area contributed by atoms with Crippen LogP contribution >= 0.6 is 0 Å². The fourth-order valence-corrected chi connectivity index (χ4v) is 5.64. The second-order valence-electron chi connectivity index (χ2n) is 7.08. The Morgan fingerprint density at radius 3 is 1.55 bits per heavy atom. The van der Waals surface area contributed by atoms with Crippen molar-refractivity contribution >= 4 is 8.07 Å². The minimum Gasteiger partial charge on any atom is -0.126 e. The first-order chi connectivity index (χ1) is 10.4. The van der Waals surface area contributed by atoms with E-state index in [0.717, 1.165) is 0 Å². The van der Waals surface area contributed by atoms with Crippen LogP contribution in [0.2, 0.25) is 19.6 Å². The van der Waals surface area contributed by atoms with Gasteiger partial charge in [-0.25, -0.2) is 0 Å². The lowest BCUT2D eigenvalue weighted by molar-refractivity contribution is 0.868. The molecule has 0 unspecified atom stereocenters. The van der Waals surface area contributed by atoms with Gasteiger partial charge in [0.25, 0.3) is 0 Å². The van der Waals surface area contributed by atoms with Gasteiger partial charge in [0, 0.05) is 5.04 Å². The van der Waals surface area contributed by atoms with E-state index in [4.69, 9.17) is 0 Å². The van der Waals surface area contributed by atoms with Crippen LogP contribution in [0.3, 0.4) is 0 Å². The van der Waals surface area contributed by atoms with Crippen LogP contribution < -0.4 is 0 Å². The van der Waals surface area contributed by atoms with E-state index in [-0.39, 0.29) is 5.04 Å². The molecule has 2 aromatic carbocycles. The van der Waals surface area contributed by atoms with Crippen LogP contribution in [0.15, 0.2) is 78.0 Å². The van der Waals surface area contributed by atoms with Gasteiger partial charge in [-0.2, -0.15) is 0 Å². The van der Waals surface area contributed by atoms with Gasteiger partial charge in [-0.1, -0.05) is 80.3 Å². The zero-order valence-corrected chi connectivity index (χ0v) is 15.4. The van der Waals surface area contributed by atoms with Crippen molar-refractivity contribution in [2.24, 2.45) is 0 Å². The molecule has 22 heavy (non-hydrogen) atoms. The highest BCUT2D eigenvalue weighted by Crippen LogP contribution is 2.42. The molecule has 0 spiro atoms. The molecule has 0 heterocycles. The van der Waals surface area contributed by atoms with Crippen molar-refractivity contribution in [1.82, 2.24) is 0 Å². The summed E-state index contributed by atoms with van der Waals surface area (Å²) in [5.41, 5.74) is 7.47. The summed E-state index contributed by atoms with van der Waals surface area (Å²) in [6, 6.07) is 21.8. The zero-order chi connectivity index (χ0) is 16.2. The van der Waals surface area contributed by atoms with Gasteiger partial charge in [0.05, 0.1) is 8.07 Å². The van der Waals surface area contributed by atoms with Gasteiger partial charge in [-0.05, 0) is 36.6 Å². The first-order valence-corrected chi connectivity index (χ1v) is 11.4. The number of hydrogen-bond donors (Lipinski definition) is 0. The minimum atomic E-state index is -1.62. The van der Waals surface area contributed by atoms with Crippen LogP contribution in [0, 0.1) is 0 Å². The van der Waals surface area contributed by atoms with E-state index in [1.165, 1.54) is 16.7 Å². The highest BCUT2D eigenvalue weighted by atomic mass is 28.3. The summed E-state index contributed by atoms with van der Waals surface area (Å²) in [6.45, 7) is 11.5. The van der Waals surface area contributed by atoms with E-state index in [2.05, 4.69) is 106 Å². The quantitative estimate of drug-likeness (QED) is 0.482. The molecule has 0 aliphatic rings. The van der Waals surface area contributed by atoms with Crippen LogP contribution in [0.5, 0.6) is 0 Å². The fourth-order valence-electron chi connectivity index (χ4n) is 3.07. The van der Waals surface area contributed by atoms with E-state index < -0.39 is 8.07 Å². The van der Waals surface area contributed by atoms with E-state index in [0.29, 0.717) is 0 Å². The van der Waals surface area contributed by atoms with E-state index >= 15 is 0 Å². The molecule has 1 heteroatoms. The van der Waals surface area contributed by atoms with E-state index in [1.54, 1.807) is 0 Å². The molecule has 0 atom stereocenters. The van der Waals surface area contributed by atoms with Crippen LogP contribution in [-0.4, -0.2) is 8.07 Å². The summed E-state index contributed by atoms with van der Waals surface area (Å²) >= 11 is 0. The van der Waals surface area contributed by atoms with Crippen LogP contribution in [0.1, 0.15) is 25.0 Å². The fraction of sp³-hybridized carbons (Fsp3) is 0.286. The molecule has 0 bridgehead atoms. The molecule has 2 aromatic rings. The molecular formula is C21H26Si. The molecular weight excluding hydrogens is 280 g/mol. The summed E-state index contributed by atoms with van der Waals surface area (Å²) in [5.74, 6) is 0. The lowest BCUT2D eigenvalue weighted by Crippen LogP contribution is -2.49. The second kappa shape index (κ2) is 6.52. The third-order valence-electron chi connectivity index (χ3n) is 4.22. The van der Waals surface area contributed by atoms with Crippen LogP contribution in [0.4, 0.5) is 0 Å². The molecule has 2 rings (SSSR count). The largest absolute Gasteiger partial charge is 0.126 e. The third-order valence-corrected chi connectivity index (χ3v) is 7.31. The van der Waals surface area contributed by atoms with Gasteiger partial charge in [0.15, 0.2) is 0 Å². The van der Waals surface area contributed by atoms with Crippen molar-refractivity contribution in [3.8, 4) is 0 Å². The molecule has 0 fully saturated rings. The second-order valence-corrected chi connectivity index (χ2v) is 12.4. The Balaban J connectivity index is 2.85. The Bertz CT molecular complexity index is 625. The smallest absolute Gasteiger partial charge is 0.0668 e. The predicted octanol–water partition coefficient (Wildman–Crippen LogP) is 5.97. The highest BCUT2D eigenvalue weighted by Gasteiger charge is 2.44. The molecule has 0 N–H and O–H groups in total. The Morgan fingerprint density at radius 2 is 1.23 bits per heavy atom. The molecule has 0 saturated heterocycles. The number of benzene rings is 2. The number of rotatable bonds is 4. The van der Waals surface area contributed by atoms with Gasteiger partial charge in [-0.15, -0.1) is 5.73 Å². The van der Waals surface area contributed by atoms with Crippen molar-refractivity contribution in [3.05, 3.63) is 89.2 Å². The maximum absolute atomic E-state index is 3.52. The Morgan fingerprint density at radius 1 is 0.818 bits per heavy atom. The minimum absolute atomic E-state index is 0.0627. The standard InChI is InChI=1S/C21H26Si/c1-18(2)16-17-21(22(3,4)5,19-12-8-6-9-13-19)20-14-10-7-11-15-20/h6-15,17H,1-5H3. The average Bonchev–Trinajstić information content (AvgIpc) is 2.48. The maximum Gasteiger partial charge on any atom is 0.0668 e. The summed E-state index contributed by atoms with van der Waals surface area (Å²) in [7, 11) is -1.62. The van der Waals surface area contributed by atoms with Gasteiger partial charge in [0.1, 0.15) is 0 Å². The van der Waals surface area contributed by atoms with Gasteiger partial charge >= 0.3 is 0 Å². The van der Waals surface area contributed by atoms with Crippen molar-refractivity contribution in [2.45, 2.75) is 38.5 Å². The first-order valence-electron chi connectivity index (χ1n) is 7.90. The summed E-state index contributed by atoms with van der Waals surface area (Å²) in [6.07, 6.45) is 2.32. The summed E-state index contributed by atoms with van der Waals surface area (Å²) in [5, 5.41) is -0.0627. The number of allylic oxidation sites excluding steroid dienone is 1. The molecule has 0 saturated carbocycles. The van der Waals surface area contributed by atoms with Gasteiger partial charge in [-0.3, -0.25) is 0 Å². The van der Waals surface area contributed by atoms with Crippen molar-refractivity contribution in [3.63, 3.8) is 0 Å². The SMILES string of the molecule is CC(C)=C=CC(c1ccccc1)(c1ccccc1)[Si](C)(C)C. The lowest BCUT2D eigenvalue weighted by Gasteiger charge is -2.42. The third kappa shape index (κ3) is 3.16. The Labute approximate surface area is 136 Å². The van der Waals surface area contributed by atoms with E-state index in [1.807, 2.05) is 0 Å². The first kappa shape index (κ1) is 16.5. The van der Waals surface area contributed by atoms with E-state index in [9.17, 15) is 0 Å². The summed E-state index contributed by atoms with van der Waals surface area (Å²) in [4.78, 5) is 0. The topological polar surface area (TPSA) is 0 Å². The van der Waals surface area contributed by atoms with Crippen molar-refractivity contribution < 1.29 is 0 Å². The highest BCUT2D eigenvalue weighted by molar-refractivity contribution is 6.80. The molecule has 0 amide bonds.